The van der Waals surface area contributed by atoms with E-state index in [2.05, 4.69) is 12.6 Å². The van der Waals surface area contributed by atoms with Crippen molar-refractivity contribution in [1.29, 1.82) is 0 Å². The van der Waals surface area contributed by atoms with Crippen molar-refractivity contribution in [2.24, 2.45) is 0 Å². The standard InChI is InChI=1S/C18H15NO/c1-2-19-14-6-9-18(19)15-10-12-17(13-11-15)20-16-7-4-3-5-8-16/h2-14H,1H2. The molecule has 98 valence electrons. The molecule has 0 amide bonds. The predicted molar refractivity (Wildman–Crippen MR) is 82.8 cm³/mol. The fourth-order valence-corrected chi connectivity index (χ4v) is 2.12. The maximum absolute atomic E-state index is 5.78. The van der Waals surface area contributed by atoms with Crippen molar-refractivity contribution in [2.45, 2.75) is 0 Å². The molecule has 0 aliphatic rings. The molecule has 20 heavy (non-hydrogen) atoms. The number of ether oxygens (including phenoxy) is 1. The van der Waals surface area contributed by atoms with Crippen LogP contribution in [0.5, 0.6) is 11.5 Å². The molecule has 0 aliphatic heterocycles. The van der Waals surface area contributed by atoms with E-state index in [4.69, 9.17) is 4.74 Å². The van der Waals surface area contributed by atoms with E-state index in [9.17, 15) is 0 Å². The second-order valence-corrected chi connectivity index (χ2v) is 4.42. The van der Waals surface area contributed by atoms with Crippen molar-refractivity contribution in [3.63, 3.8) is 0 Å². The summed E-state index contributed by atoms with van der Waals surface area (Å²) >= 11 is 0. The molecule has 0 spiro atoms. The van der Waals surface area contributed by atoms with E-state index in [1.54, 1.807) is 6.20 Å². The quantitative estimate of drug-likeness (QED) is 0.641. The van der Waals surface area contributed by atoms with E-state index in [1.807, 2.05) is 71.4 Å². The summed E-state index contributed by atoms with van der Waals surface area (Å²) in [6, 6.07) is 21.9. The van der Waals surface area contributed by atoms with Crippen molar-refractivity contribution in [2.75, 3.05) is 0 Å². The number of aromatic nitrogens is 1. The normalized spacial score (nSPS) is 10.2. The molecule has 0 N–H and O–H groups in total. The van der Waals surface area contributed by atoms with Crippen LogP contribution in [-0.4, -0.2) is 4.57 Å². The minimum absolute atomic E-state index is 0.830. The molecule has 3 aromatic rings. The lowest BCUT2D eigenvalue weighted by Gasteiger charge is -2.07. The summed E-state index contributed by atoms with van der Waals surface area (Å²) in [5.74, 6) is 1.67. The third-order valence-electron chi connectivity index (χ3n) is 3.10. The van der Waals surface area contributed by atoms with Crippen LogP contribution in [0.4, 0.5) is 0 Å². The number of benzene rings is 2. The van der Waals surface area contributed by atoms with Gasteiger partial charge in [-0.25, -0.2) is 0 Å². The lowest BCUT2D eigenvalue weighted by Crippen LogP contribution is -1.88. The van der Waals surface area contributed by atoms with E-state index >= 15 is 0 Å². The molecular formula is C18H15NO. The van der Waals surface area contributed by atoms with Crippen LogP contribution in [0.25, 0.3) is 17.5 Å². The molecule has 1 aromatic heterocycles. The fraction of sp³-hybridized carbons (Fsp3) is 0. The summed E-state index contributed by atoms with van der Waals surface area (Å²) in [5.41, 5.74) is 2.25. The third kappa shape index (κ3) is 2.50. The van der Waals surface area contributed by atoms with Gasteiger partial charge in [-0.2, -0.15) is 0 Å². The predicted octanol–water partition coefficient (Wildman–Crippen LogP) is 5.05. The van der Waals surface area contributed by atoms with E-state index in [-0.39, 0.29) is 0 Å². The molecule has 0 aliphatic carbocycles. The Balaban J connectivity index is 1.83. The van der Waals surface area contributed by atoms with Crippen LogP contribution in [0, 0.1) is 0 Å². The summed E-state index contributed by atoms with van der Waals surface area (Å²) in [5, 5.41) is 0. The lowest BCUT2D eigenvalue weighted by molar-refractivity contribution is 0.483. The van der Waals surface area contributed by atoms with Crippen molar-refractivity contribution in [3.8, 4) is 22.8 Å². The summed E-state index contributed by atoms with van der Waals surface area (Å²) in [7, 11) is 0. The molecule has 0 bridgehead atoms. The maximum atomic E-state index is 5.78. The number of hydrogen-bond acceptors (Lipinski definition) is 1. The van der Waals surface area contributed by atoms with E-state index in [1.165, 1.54) is 0 Å². The monoisotopic (exact) mass is 261 g/mol. The first kappa shape index (κ1) is 12.3. The Kier molecular flexibility index (Phi) is 3.38. The highest BCUT2D eigenvalue weighted by molar-refractivity contribution is 5.63. The van der Waals surface area contributed by atoms with Gasteiger partial charge in [-0.3, -0.25) is 0 Å². The zero-order chi connectivity index (χ0) is 13.8. The summed E-state index contributed by atoms with van der Waals surface area (Å²) < 4.78 is 7.77. The highest BCUT2D eigenvalue weighted by Crippen LogP contribution is 2.26. The number of hydrogen-bond donors (Lipinski definition) is 0. The van der Waals surface area contributed by atoms with Crippen LogP contribution < -0.4 is 4.74 Å². The Labute approximate surface area is 118 Å². The van der Waals surface area contributed by atoms with Gasteiger partial charge in [0, 0.05) is 12.4 Å². The van der Waals surface area contributed by atoms with Crippen molar-refractivity contribution >= 4 is 6.20 Å². The van der Waals surface area contributed by atoms with Crippen LogP contribution in [0.2, 0.25) is 0 Å². The molecule has 0 saturated heterocycles. The van der Waals surface area contributed by atoms with Gasteiger partial charge in [0.05, 0.1) is 5.69 Å². The summed E-state index contributed by atoms with van der Waals surface area (Å²) in [6.45, 7) is 3.80. The van der Waals surface area contributed by atoms with Crippen molar-refractivity contribution < 1.29 is 4.74 Å². The topological polar surface area (TPSA) is 14.2 Å². The lowest BCUT2D eigenvalue weighted by atomic mass is 10.1. The zero-order valence-electron chi connectivity index (χ0n) is 11.1. The first-order valence-corrected chi connectivity index (χ1v) is 6.49. The Hall–Kier alpha value is -2.74. The first-order chi connectivity index (χ1) is 9.86. The van der Waals surface area contributed by atoms with Gasteiger partial charge in [0.25, 0.3) is 0 Å². The molecule has 2 heteroatoms. The van der Waals surface area contributed by atoms with Crippen LogP contribution in [0.1, 0.15) is 0 Å². The van der Waals surface area contributed by atoms with Gasteiger partial charge < -0.3 is 9.30 Å². The average Bonchev–Trinajstić information content (AvgIpc) is 2.98. The van der Waals surface area contributed by atoms with E-state index < -0.39 is 0 Å². The van der Waals surface area contributed by atoms with Crippen LogP contribution in [-0.2, 0) is 0 Å². The summed E-state index contributed by atoms with van der Waals surface area (Å²) in [6.07, 6.45) is 3.78. The first-order valence-electron chi connectivity index (χ1n) is 6.49. The largest absolute Gasteiger partial charge is 0.457 e. The SMILES string of the molecule is C=Cn1cccc1-c1ccc(Oc2ccccc2)cc1. The molecule has 0 fully saturated rings. The average molecular weight is 261 g/mol. The molecule has 0 radical (unpaired) electrons. The smallest absolute Gasteiger partial charge is 0.127 e. The minimum atomic E-state index is 0.830. The van der Waals surface area contributed by atoms with Crippen molar-refractivity contribution in [1.82, 2.24) is 4.57 Å². The van der Waals surface area contributed by atoms with Gasteiger partial charge in [0.1, 0.15) is 11.5 Å². The molecule has 0 unspecified atom stereocenters. The second-order valence-electron chi connectivity index (χ2n) is 4.42. The number of para-hydroxylation sites is 1. The fourth-order valence-electron chi connectivity index (χ4n) is 2.12. The second kappa shape index (κ2) is 5.49. The van der Waals surface area contributed by atoms with Gasteiger partial charge in [-0.05, 0) is 54.1 Å². The van der Waals surface area contributed by atoms with Gasteiger partial charge in [-0.1, -0.05) is 24.8 Å². The number of rotatable bonds is 4. The molecule has 2 nitrogen and oxygen atoms in total. The van der Waals surface area contributed by atoms with Crippen LogP contribution in [0.3, 0.4) is 0 Å². The van der Waals surface area contributed by atoms with Crippen LogP contribution >= 0.6 is 0 Å². The zero-order valence-corrected chi connectivity index (χ0v) is 11.1. The van der Waals surface area contributed by atoms with Gasteiger partial charge in [0.15, 0.2) is 0 Å². The number of nitrogens with zero attached hydrogens (tertiary/aromatic N) is 1. The summed E-state index contributed by atoms with van der Waals surface area (Å²) in [4.78, 5) is 0. The van der Waals surface area contributed by atoms with Crippen LogP contribution in [0.15, 0.2) is 79.5 Å². The molecule has 3 rings (SSSR count). The van der Waals surface area contributed by atoms with E-state index in [0.29, 0.717) is 0 Å². The van der Waals surface area contributed by atoms with Gasteiger partial charge in [0.2, 0.25) is 0 Å². The van der Waals surface area contributed by atoms with Crippen molar-refractivity contribution in [3.05, 3.63) is 79.5 Å². The Morgan fingerprint density at radius 3 is 2.20 bits per heavy atom. The van der Waals surface area contributed by atoms with E-state index in [0.717, 1.165) is 22.8 Å². The Bertz CT molecular complexity index is 696. The van der Waals surface area contributed by atoms with Gasteiger partial charge in [-0.15, -0.1) is 0 Å². The van der Waals surface area contributed by atoms with Gasteiger partial charge >= 0.3 is 0 Å². The molecule has 0 saturated carbocycles. The Morgan fingerprint density at radius 1 is 0.800 bits per heavy atom. The highest BCUT2D eigenvalue weighted by Gasteiger charge is 2.03. The third-order valence-corrected chi connectivity index (χ3v) is 3.10. The molecule has 1 heterocycles. The minimum Gasteiger partial charge on any atom is -0.457 e. The highest BCUT2D eigenvalue weighted by atomic mass is 16.5. The molecular weight excluding hydrogens is 246 g/mol. The Morgan fingerprint density at radius 2 is 1.50 bits per heavy atom. The maximum Gasteiger partial charge on any atom is 0.127 e. The molecule has 0 atom stereocenters. The molecule has 2 aromatic carbocycles.